The Bertz CT molecular complexity index is 1450. The molecule has 0 fully saturated rings. The Hall–Kier alpha value is -4.38. The van der Waals surface area contributed by atoms with Gasteiger partial charge in [-0.05, 0) is 102 Å². The van der Waals surface area contributed by atoms with Crippen LogP contribution in [0.4, 0.5) is 11.4 Å². The van der Waals surface area contributed by atoms with Gasteiger partial charge >= 0.3 is 0 Å². The largest absolute Gasteiger partial charge is 0.508 e. The van der Waals surface area contributed by atoms with Crippen LogP contribution in [-0.2, 0) is 6.54 Å². The van der Waals surface area contributed by atoms with Gasteiger partial charge in [-0.2, -0.15) is 0 Å². The fourth-order valence-electron chi connectivity index (χ4n) is 4.60. The topological polar surface area (TPSA) is 70.1 Å². The number of hydrogen-bond acceptors (Lipinski definition) is 4. The minimum Gasteiger partial charge on any atom is -0.508 e. The molecule has 5 heteroatoms. The number of aliphatic imine (C=N–C) groups is 2. The van der Waals surface area contributed by atoms with Crippen molar-refractivity contribution < 1.29 is 10.2 Å². The van der Waals surface area contributed by atoms with Gasteiger partial charge in [0, 0.05) is 40.8 Å². The van der Waals surface area contributed by atoms with E-state index < -0.39 is 0 Å². The third-order valence-corrected chi connectivity index (χ3v) is 6.58. The number of benzene rings is 4. The van der Waals surface area contributed by atoms with E-state index in [-0.39, 0.29) is 11.5 Å². The fourth-order valence-corrected chi connectivity index (χ4v) is 4.60. The molecular formula is C32H31N3O2. The summed E-state index contributed by atoms with van der Waals surface area (Å²) in [5.74, 6) is 0.489. The summed E-state index contributed by atoms with van der Waals surface area (Å²) in [7, 11) is 0. The lowest BCUT2D eigenvalue weighted by Crippen LogP contribution is -1.97. The summed E-state index contributed by atoms with van der Waals surface area (Å²) in [6.45, 7) is 3.22. The molecule has 186 valence electrons. The predicted molar refractivity (Wildman–Crippen MR) is 154 cm³/mol. The van der Waals surface area contributed by atoms with Crippen LogP contribution in [0.25, 0.3) is 21.8 Å². The molecule has 0 saturated heterocycles. The summed E-state index contributed by atoms with van der Waals surface area (Å²) in [5.41, 5.74) is 6.03. The molecule has 5 nitrogen and oxygen atoms in total. The SMILES string of the molecule is CCCCCCn1c2ccc(N=Cc3ccc(O)cc3)cc2c2cc(N=Cc3ccc(O)cc3)ccc21. The van der Waals surface area contributed by atoms with Crippen molar-refractivity contribution in [1.82, 2.24) is 4.57 Å². The molecule has 1 aromatic heterocycles. The van der Waals surface area contributed by atoms with Crippen LogP contribution < -0.4 is 0 Å². The highest BCUT2D eigenvalue weighted by Gasteiger charge is 2.12. The summed E-state index contributed by atoms with van der Waals surface area (Å²) in [4.78, 5) is 9.40. The number of phenolic OH excluding ortho intramolecular Hbond substituents is 2. The summed E-state index contributed by atoms with van der Waals surface area (Å²) in [6, 6.07) is 26.8. The average molecular weight is 490 g/mol. The molecule has 37 heavy (non-hydrogen) atoms. The molecule has 0 amide bonds. The third-order valence-electron chi connectivity index (χ3n) is 6.58. The second-order valence-electron chi connectivity index (χ2n) is 9.31. The van der Waals surface area contributed by atoms with Gasteiger partial charge in [0.1, 0.15) is 11.5 Å². The van der Waals surface area contributed by atoms with Gasteiger partial charge in [0.15, 0.2) is 0 Å². The number of aromatic nitrogens is 1. The highest BCUT2D eigenvalue weighted by atomic mass is 16.3. The first-order valence-electron chi connectivity index (χ1n) is 12.8. The molecule has 0 radical (unpaired) electrons. The molecule has 5 rings (SSSR count). The van der Waals surface area contributed by atoms with Gasteiger partial charge in [-0.15, -0.1) is 0 Å². The first-order valence-corrected chi connectivity index (χ1v) is 12.8. The van der Waals surface area contributed by atoms with E-state index in [1.807, 2.05) is 36.7 Å². The van der Waals surface area contributed by atoms with Gasteiger partial charge < -0.3 is 14.8 Å². The molecule has 0 spiro atoms. The Morgan fingerprint density at radius 1 is 0.622 bits per heavy atom. The van der Waals surface area contributed by atoms with Gasteiger partial charge in [0.05, 0.1) is 11.4 Å². The zero-order chi connectivity index (χ0) is 25.6. The Balaban J connectivity index is 1.53. The highest BCUT2D eigenvalue weighted by molar-refractivity contribution is 6.10. The first kappa shape index (κ1) is 24.3. The Kier molecular flexibility index (Phi) is 7.31. The van der Waals surface area contributed by atoms with Gasteiger partial charge in [-0.3, -0.25) is 9.98 Å². The van der Waals surface area contributed by atoms with E-state index >= 15 is 0 Å². The standard InChI is InChI=1S/C32H31N3O2/c1-2-3-4-5-18-35-31-16-10-25(33-21-23-6-12-27(36)13-7-23)19-29(31)30-20-26(11-17-32(30)35)34-22-24-8-14-28(37)15-9-24/h6-17,19-22,36-37H,2-5,18H2,1H3. The van der Waals surface area contributed by atoms with Crippen molar-refractivity contribution in [2.45, 2.75) is 39.2 Å². The van der Waals surface area contributed by atoms with E-state index in [0.29, 0.717) is 0 Å². The van der Waals surface area contributed by atoms with Crippen LogP contribution in [0.5, 0.6) is 11.5 Å². The molecular weight excluding hydrogens is 458 g/mol. The molecule has 0 bridgehead atoms. The number of rotatable bonds is 9. The van der Waals surface area contributed by atoms with Crippen LogP contribution in [0.2, 0.25) is 0 Å². The summed E-state index contributed by atoms with van der Waals surface area (Å²) in [6.07, 6.45) is 8.48. The molecule has 2 N–H and O–H groups in total. The second kappa shape index (κ2) is 11.1. The minimum atomic E-state index is 0.245. The van der Waals surface area contributed by atoms with Crippen molar-refractivity contribution >= 4 is 45.6 Å². The summed E-state index contributed by atoms with van der Waals surface area (Å²) < 4.78 is 2.42. The third kappa shape index (κ3) is 5.72. The number of hydrogen-bond donors (Lipinski definition) is 2. The maximum Gasteiger partial charge on any atom is 0.115 e. The second-order valence-corrected chi connectivity index (χ2v) is 9.31. The zero-order valence-electron chi connectivity index (χ0n) is 21.0. The van der Waals surface area contributed by atoms with Crippen LogP contribution >= 0.6 is 0 Å². The molecule has 5 aromatic rings. The average Bonchev–Trinajstić information content (AvgIpc) is 3.22. The van der Waals surface area contributed by atoms with E-state index in [1.165, 1.54) is 30.3 Å². The summed E-state index contributed by atoms with van der Waals surface area (Å²) in [5, 5.41) is 21.4. The quantitative estimate of drug-likeness (QED) is 0.161. The molecule has 0 saturated carbocycles. The van der Waals surface area contributed by atoms with Crippen LogP contribution in [-0.4, -0.2) is 27.2 Å². The molecule has 1 heterocycles. The smallest absolute Gasteiger partial charge is 0.115 e. The number of unbranched alkanes of at least 4 members (excludes halogenated alkanes) is 3. The molecule has 0 atom stereocenters. The Labute approximate surface area is 217 Å². The van der Waals surface area contributed by atoms with Crippen LogP contribution in [0.15, 0.2) is 94.9 Å². The van der Waals surface area contributed by atoms with Crippen molar-refractivity contribution in [3.63, 3.8) is 0 Å². The van der Waals surface area contributed by atoms with Gasteiger partial charge in [-0.1, -0.05) is 26.2 Å². The lowest BCUT2D eigenvalue weighted by molar-refractivity contribution is 0.475. The van der Waals surface area contributed by atoms with Crippen LogP contribution in [0.3, 0.4) is 0 Å². The molecule has 0 aliphatic rings. The monoisotopic (exact) mass is 489 g/mol. The molecule has 0 aliphatic carbocycles. The maximum atomic E-state index is 9.52. The van der Waals surface area contributed by atoms with Crippen LogP contribution in [0.1, 0.15) is 43.7 Å². The molecule has 0 aliphatic heterocycles. The number of phenols is 2. The Morgan fingerprint density at radius 2 is 1.11 bits per heavy atom. The van der Waals surface area contributed by atoms with E-state index in [2.05, 4.69) is 47.9 Å². The fraction of sp³-hybridized carbons (Fsp3) is 0.188. The van der Waals surface area contributed by atoms with E-state index in [1.54, 1.807) is 24.3 Å². The van der Waals surface area contributed by atoms with E-state index in [0.717, 1.165) is 46.2 Å². The predicted octanol–water partition coefficient (Wildman–Crippen LogP) is 8.29. The van der Waals surface area contributed by atoms with Gasteiger partial charge in [0.25, 0.3) is 0 Å². The maximum absolute atomic E-state index is 9.52. The molecule has 4 aromatic carbocycles. The van der Waals surface area contributed by atoms with Gasteiger partial charge in [0.2, 0.25) is 0 Å². The minimum absolute atomic E-state index is 0.245. The lowest BCUT2D eigenvalue weighted by Gasteiger charge is -2.07. The molecule has 0 unspecified atom stereocenters. The van der Waals surface area contributed by atoms with Crippen molar-refractivity contribution in [2.75, 3.05) is 0 Å². The van der Waals surface area contributed by atoms with Crippen molar-refractivity contribution in [3.05, 3.63) is 96.1 Å². The number of aromatic hydroxyl groups is 2. The number of fused-ring (bicyclic) bond motifs is 3. The lowest BCUT2D eigenvalue weighted by atomic mass is 10.1. The van der Waals surface area contributed by atoms with Crippen LogP contribution in [0, 0.1) is 0 Å². The van der Waals surface area contributed by atoms with Crippen molar-refractivity contribution in [1.29, 1.82) is 0 Å². The van der Waals surface area contributed by atoms with Gasteiger partial charge in [-0.25, -0.2) is 0 Å². The highest BCUT2D eigenvalue weighted by Crippen LogP contribution is 2.34. The van der Waals surface area contributed by atoms with Crippen molar-refractivity contribution in [3.8, 4) is 11.5 Å². The number of aryl methyl sites for hydroxylation is 1. The van der Waals surface area contributed by atoms with Crippen molar-refractivity contribution in [2.24, 2.45) is 9.98 Å². The first-order chi connectivity index (χ1) is 18.1. The number of nitrogens with zero attached hydrogens (tertiary/aromatic N) is 3. The van der Waals surface area contributed by atoms with E-state index in [4.69, 9.17) is 9.98 Å². The van der Waals surface area contributed by atoms with E-state index in [9.17, 15) is 10.2 Å². The zero-order valence-corrected chi connectivity index (χ0v) is 21.0. The Morgan fingerprint density at radius 3 is 1.57 bits per heavy atom. The normalized spacial score (nSPS) is 11.9. The summed E-state index contributed by atoms with van der Waals surface area (Å²) >= 11 is 0.